The van der Waals surface area contributed by atoms with Crippen molar-refractivity contribution >= 4 is 21.6 Å². The fourth-order valence-corrected chi connectivity index (χ4v) is 3.32. The predicted molar refractivity (Wildman–Crippen MR) is 96.2 cm³/mol. The molecular formula is C18H21FN2O3S. The van der Waals surface area contributed by atoms with Gasteiger partial charge in [-0.05, 0) is 42.3 Å². The Hall–Kier alpha value is -2.41. The third kappa shape index (κ3) is 5.56. The van der Waals surface area contributed by atoms with Gasteiger partial charge in [0.05, 0.1) is 11.9 Å². The molecule has 0 saturated carbocycles. The van der Waals surface area contributed by atoms with Crippen molar-refractivity contribution in [3.8, 4) is 0 Å². The van der Waals surface area contributed by atoms with Gasteiger partial charge in [0.15, 0.2) is 0 Å². The van der Waals surface area contributed by atoms with E-state index in [9.17, 15) is 17.6 Å². The lowest BCUT2D eigenvalue weighted by Gasteiger charge is -2.22. The smallest absolute Gasteiger partial charge is 0.232 e. The second-order valence-electron chi connectivity index (χ2n) is 5.76. The van der Waals surface area contributed by atoms with E-state index >= 15 is 0 Å². The lowest BCUT2D eigenvalue weighted by molar-refractivity contribution is -0.121. The second kappa shape index (κ2) is 8.11. The van der Waals surface area contributed by atoms with Crippen molar-refractivity contribution in [3.05, 3.63) is 65.5 Å². The minimum Gasteiger partial charge on any atom is -0.352 e. The maximum atomic E-state index is 13.0. The topological polar surface area (TPSA) is 66.5 Å². The standard InChI is InChI=1S/C18H21FN2O3S/c1-14-5-3-4-6-15(14)13-20-18(22)11-12-21(25(2,23)24)17-9-7-16(19)8-10-17/h3-10H,11-13H2,1-2H3,(H,20,22). The highest BCUT2D eigenvalue weighted by molar-refractivity contribution is 7.92. The van der Waals surface area contributed by atoms with Gasteiger partial charge in [-0.3, -0.25) is 9.10 Å². The Morgan fingerprint density at radius 1 is 1.12 bits per heavy atom. The van der Waals surface area contributed by atoms with Crippen LogP contribution in [0.25, 0.3) is 0 Å². The molecule has 0 spiro atoms. The number of carbonyl (C=O) groups excluding carboxylic acids is 1. The van der Waals surface area contributed by atoms with E-state index in [1.54, 1.807) is 0 Å². The molecule has 0 aliphatic carbocycles. The van der Waals surface area contributed by atoms with Crippen LogP contribution in [-0.2, 0) is 21.4 Å². The molecule has 1 amide bonds. The summed E-state index contributed by atoms with van der Waals surface area (Å²) in [4.78, 5) is 12.1. The Bertz CT molecular complexity index is 836. The van der Waals surface area contributed by atoms with Crippen LogP contribution in [0.3, 0.4) is 0 Å². The Kier molecular flexibility index (Phi) is 6.14. The van der Waals surface area contributed by atoms with Crippen LogP contribution in [0, 0.1) is 12.7 Å². The number of sulfonamides is 1. The Balaban J connectivity index is 1.97. The molecule has 7 heteroatoms. The van der Waals surface area contributed by atoms with Crippen LogP contribution in [-0.4, -0.2) is 27.1 Å². The molecule has 0 radical (unpaired) electrons. The number of benzene rings is 2. The highest BCUT2D eigenvalue weighted by Gasteiger charge is 2.18. The van der Waals surface area contributed by atoms with Crippen LogP contribution in [0.4, 0.5) is 10.1 Å². The first-order valence-corrected chi connectivity index (χ1v) is 9.66. The molecular weight excluding hydrogens is 343 g/mol. The zero-order valence-electron chi connectivity index (χ0n) is 14.2. The third-order valence-corrected chi connectivity index (χ3v) is 4.99. The van der Waals surface area contributed by atoms with Gasteiger partial charge in [0.25, 0.3) is 0 Å². The summed E-state index contributed by atoms with van der Waals surface area (Å²) in [6.45, 7) is 2.34. The Labute approximate surface area is 147 Å². The van der Waals surface area contributed by atoms with Crippen molar-refractivity contribution < 1.29 is 17.6 Å². The molecule has 0 saturated heterocycles. The first-order chi connectivity index (χ1) is 11.8. The lowest BCUT2D eigenvalue weighted by atomic mass is 10.1. The third-order valence-electron chi connectivity index (χ3n) is 3.79. The van der Waals surface area contributed by atoms with Crippen LogP contribution >= 0.6 is 0 Å². The van der Waals surface area contributed by atoms with Gasteiger partial charge in [0.2, 0.25) is 15.9 Å². The molecule has 0 aromatic heterocycles. The highest BCUT2D eigenvalue weighted by Crippen LogP contribution is 2.18. The van der Waals surface area contributed by atoms with Crippen molar-refractivity contribution in [2.24, 2.45) is 0 Å². The summed E-state index contributed by atoms with van der Waals surface area (Å²) in [5.41, 5.74) is 2.41. The number of nitrogens with zero attached hydrogens (tertiary/aromatic N) is 1. The van der Waals surface area contributed by atoms with Gasteiger partial charge in [-0.2, -0.15) is 0 Å². The van der Waals surface area contributed by atoms with Gasteiger partial charge in [-0.25, -0.2) is 12.8 Å². The van der Waals surface area contributed by atoms with Crippen molar-refractivity contribution in [3.63, 3.8) is 0 Å². The molecule has 2 aromatic rings. The predicted octanol–water partition coefficient (Wildman–Crippen LogP) is 2.61. The molecule has 5 nitrogen and oxygen atoms in total. The van der Waals surface area contributed by atoms with E-state index in [4.69, 9.17) is 0 Å². The molecule has 0 fully saturated rings. The monoisotopic (exact) mass is 364 g/mol. The van der Waals surface area contributed by atoms with Crippen LogP contribution in [0.1, 0.15) is 17.5 Å². The fourth-order valence-electron chi connectivity index (χ4n) is 2.39. The quantitative estimate of drug-likeness (QED) is 0.821. The van der Waals surface area contributed by atoms with Crippen LogP contribution < -0.4 is 9.62 Å². The van der Waals surface area contributed by atoms with Gasteiger partial charge in [0.1, 0.15) is 5.82 Å². The van der Waals surface area contributed by atoms with Crippen molar-refractivity contribution in [2.45, 2.75) is 19.9 Å². The van der Waals surface area contributed by atoms with E-state index in [0.717, 1.165) is 21.7 Å². The number of rotatable bonds is 7. The minimum absolute atomic E-state index is 0.00985. The minimum atomic E-state index is -3.57. The molecule has 0 bridgehead atoms. The zero-order valence-corrected chi connectivity index (χ0v) is 15.0. The summed E-state index contributed by atoms with van der Waals surface area (Å²) >= 11 is 0. The van der Waals surface area contributed by atoms with E-state index in [-0.39, 0.29) is 18.9 Å². The maximum absolute atomic E-state index is 13.0. The van der Waals surface area contributed by atoms with Gasteiger partial charge in [0, 0.05) is 19.5 Å². The number of aryl methyl sites for hydroxylation is 1. The summed E-state index contributed by atoms with van der Waals surface area (Å²) in [5, 5.41) is 2.79. The average molecular weight is 364 g/mol. The van der Waals surface area contributed by atoms with E-state index in [2.05, 4.69) is 5.32 Å². The normalized spacial score (nSPS) is 11.2. The van der Waals surface area contributed by atoms with Gasteiger partial charge in [-0.15, -0.1) is 0 Å². The number of carbonyl (C=O) groups is 1. The number of hydrogen-bond donors (Lipinski definition) is 1. The van der Waals surface area contributed by atoms with Crippen LogP contribution in [0.15, 0.2) is 48.5 Å². The van der Waals surface area contributed by atoms with E-state index in [1.807, 2.05) is 31.2 Å². The summed E-state index contributed by atoms with van der Waals surface area (Å²) < 4.78 is 38.0. The molecule has 1 N–H and O–H groups in total. The SMILES string of the molecule is Cc1ccccc1CNC(=O)CCN(c1ccc(F)cc1)S(C)(=O)=O. The van der Waals surface area contributed by atoms with Crippen LogP contribution in [0.5, 0.6) is 0 Å². The molecule has 0 atom stereocenters. The molecule has 25 heavy (non-hydrogen) atoms. The molecule has 2 rings (SSSR count). The molecule has 0 heterocycles. The fraction of sp³-hybridized carbons (Fsp3) is 0.278. The summed E-state index contributed by atoms with van der Waals surface area (Å²) in [6.07, 6.45) is 1.07. The Morgan fingerprint density at radius 2 is 1.76 bits per heavy atom. The average Bonchev–Trinajstić information content (AvgIpc) is 2.55. The molecule has 0 unspecified atom stereocenters. The zero-order chi connectivity index (χ0) is 18.4. The van der Waals surface area contributed by atoms with E-state index < -0.39 is 15.8 Å². The first kappa shape index (κ1) is 18.9. The number of hydrogen-bond acceptors (Lipinski definition) is 3. The molecule has 2 aromatic carbocycles. The molecule has 0 aliphatic heterocycles. The van der Waals surface area contributed by atoms with E-state index in [1.165, 1.54) is 24.3 Å². The highest BCUT2D eigenvalue weighted by atomic mass is 32.2. The second-order valence-corrected chi connectivity index (χ2v) is 7.67. The maximum Gasteiger partial charge on any atom is 0.232 e. The Morgan fingerprint density at radius 3 is 2.36 bits per heavy atom. The van der Waals surface area contributed by atoms with Gasteiger partial charge in [-0.1, -0.05) is 24.3 Å². The summed E-state index contributed by atoms with van der Waals surface area (Å²) in [7, 11) is -3.57. The number of anilines is 1. The molecule has 134 valence electrons. The van der Waals surface area contributed by atoms with Crippen molar-refractivity contribution in [1.29, 1.82) is 0 Å². The molecule has 0 aliphatic rings. The summed E-state index contributed by atoms with van der Waals surface area (Å²) in [6, 6.07) is 12.8. The number of amides is 1. The summed E-state index contributed by atoms with van der Waals surface area (Å²) in [5.74, 6) is -0.702. The number of halogens is 1. The van der Waals surface area contributed by atoms with Crippen molar-refractivity contribution in [1.82, 2.24) is 5.32 Å². The largest absolute Gasteiger partial charge is 0.352 e. The van der Waals surface area contributed by atoms with Crippen LogP contribution in [0.2, 0.25) is 0 Å². The first-order valence-electron chi connectivity index (χ1n) is 7.82. The van der Waals surface area contributed by atoms with Crippen molar-refractivity contribution in [2.75, 3.05) is 17.1 Å². The van der Waals surface area contributed by atoms with E-state index in [0.29, 0.717) is 12.2 Å². The van der Waals surface area contributed by atoms with Gasteiger partial charge < -0.3 is 5.32 Å². The number of nitrogens with one attached hydrogen (secondary N) is 1. The van der Waals surface area contributed by atoms with Gasteiger partial charge >= 0.3 is 0 Å². The lowest BCUT2D eigenvalue weighted by Crippen LogP contribution is -2.34.